The Kier molecular flexibility index (Phi) is 6.54. The molecule has 0 saturated heterocycles. The van der Waals surface area contributed by atoms with Gasteiger partial charge in [-0.05, 0) is 43.0 Å². The van der Waals surface area contributed by atoms with Gasteiger partial charge >= 0.3 is 0 Å². The van der Waals surface area contributed by atoms with Gasteiger partial charge in [-0.2, -0.15) is 0 Å². The number of hydrogen-bond donors (Lipinski definition) is 0. The summed E-state index contributed by atoms with van der Waals surface area (Å²) in [6.45, 7) is 6.56. The van der Waals surface area contributed by atoms with Crippen LogP contribution in [0, 0.1) is 13.8 Å². The number of ketones is 1. The molecule has 3 heterocycles. The lowest BCUT2D eigenvalue weighted by molar-refractivity contribution is 0.102. The zero-order chi connectivity index (χ0) is 24.5. The molecule has 0 aliphatic rings. The molecule has 5 rings (SSSR count). The van der Waals surface area contributed by atoms with E-state index in [4.69, 9.17) is 4.98 Å². The van der Waals surface area contributed by atoms with Crippen molar-refractivity contribution >= 4 is 49.3 Å². The van der Waals surface area contributed by atoms with Gasteiger partial charge < -0.3 is 0 Å². The number of hydrogen-bond acceptors (Lipinski definition) is 6. The van der Waals surface area contributed by atoms with Crippen molar-refractivity contribution in [1.29, 1.82) is 0 Å². The van der Waals surface area contributed by atoms with Crippen LogP contribution in [0.5, 0.6) is 0 Å². The second-order valence-corrected chi connectivity index (χ2v) is 10.7. The van der Waals surface area contributed by atoms with E-state index in [1.807, 2.05) is 62.4 Å². The molecule has 0 spiro atoms. The van der Waals surface area contributed by atoms with E-state index in [2.05, 4.69) is 24.0 Å². The molecule has 0 fully saturated rings. The fourth-order valence-electron chi connectivity index (χ4n) is 4.31. The van der Waals surface area contributed by atoms with Gasteiger partial charge in [0, 0.05) is 23.7 Å². The van der Waals surface area contributed by atoms with Gasteiger partial charge in [-0.25, -0.2) is 9.97 Å². The monoisotopic (exact) mass is 499 g/mol. The maximum absolute atomic E-state index is 13.7. The summed E-state index contributed by atoms with van der Waals surface area (Å²) in [6, 6.07) is 19.8. The second-order valence-electron chi connectivity index (χ2n) is 8.79. The van der Waals surface area contributed by atoms with Crippen molar-refractivity contribution in [3.05, 3.63) is 99.5 Å². The average Bonchev–Trinajstić information content (AvgIpc) is 3.24. The Balaban J connectivity index is 1.55. The highest BCUT2D eigenvalue weighted by Gasteiger charge is 2.20. The first kappa shape index (κ1) is 23.5. The number of carbonyl (C=O) groups is 1. The van der Waals surface area contributed by atoms with Gasteiger partial charge in [-0.15, -0.1) is 11.3 Å². The van der Waals surface area contributed by atoms with Crippen molar-refractivity contribution in [2.45, 2.75) is 38.4 Å². The molecule has 176 valence electrons. The number of aromatic nitrogens is 3. The van der Waals surface area contributed by atoms with E-state index in [9.17, 15) is 9.59 Å². The molecule has 0 aliphatic heterocycles. The molecule has 0 bridgehead atoms. The minimum Gasteiger partial charge on any atom is -0.293 e. The number of rotatable bonds is 7. The molecular formula is C28H25N3O2S2. The number of pyridine rings is 1. The Morgan fingerprint density at radius 3 is 2.66 bits per heavy atom. The van der Waals surface area contributed by atoms with Gasteiger partial charge in [0.2, 0.25) is 0 Å². The van der Waals surface area contributed by atoms with Crippen LogP contribution in [0.15, 0.2) is 76.8 Å². The van der Waals surface area contributed by atoms with Gasteiger partial charge in [-0.3, -0.25) is 14.2 Å². The number of fused-ring (bicyclic) bond motifs is 3. The van der Waals surface area contributed by atoms with Crippen molar-refractivity contribution in [3.63, 3.8) is 0 Å². The highest BCUT2D eigenvalue weighted by molar-refractivity contribution is 7.99. The lowest BCUT2D eigenvalue weighted by Crippen LogP contribution is -2.25. The number of nitrogens with zero attached hydrogens (tertiary/aromatic N) is 3. The Morgan fingerprint density at radius 1 is 1.09 bits per heavy atom. The molecule has 0 amide bonds. The predicted octanol–water partition coefficient (Wildman–Crippen LogP) is 6.40. The Hall–Kier alpha value is -3.29. The van der Waals surface area contributed by atoms with E-state index in [0.717, 1.165) is 26.9 Å². The van der Waals surface area contributed by atoms with E-state index in [1.54, 1.807) is 10.8 Å². The zero-order valence-corrected chi connectivity index (χ0v) is 21.5. The maximum atomic E-state index is 13.7. The lowest BCUT2D eigenvalue weighted by atomic mass is 10.0. The van der Waals surface area contributed by atoms with E-state index in [1.165, 1.54) is 23.1 Å². The molecule has 1 atom stereocenters. The molecule has 0 saturated carbocycles. The molecule has 7 heteroatoms. The van der Waals surface area contributed by atoms with Gasteiger partial charge in [0.15, 0.2) is 10.9 Å². The summed E-state index contributed by atoms with van der Waals surface area (Å²) >= 11 is 2.70. The minimum absolute atomic E-state index is 0.0290. The average molecular weight is 500 g/mol. The quantitative estimate of drug-likeness (QED) is 0.147. The van der Waals surface area contributed by atoms with Crippen molar-refractivity contribution in [3.8, 4) is 0 Å². The molecule has 1 unspecified atom stereocenters. The zero-order valence-electron chi connectivity index (χ0n) is 19.8. The molecule has 5 nitrogen and oxygen atoms in total. The van der Waals surface area contributed by atoms with E-state index >= 15 is 0 Å². The third kappa shape index (κ3) is 4.66. The van der Waals surface area contributed by atoms with Crippen LogP contribution >= 0.6 is 23.1 Å². The number of aryl methyl sites for hydroxylation is 2. The standard InChI is InChI=1S/C28H25N3O2S2/c1-17-11-12-21(18(2)14-17)23(32)16-34-28-30-24-22-10-7-13-29-26(22)35-25(24)27(33)31(28)15-19(3)20-8-5-4-6-9-20/h4-14,19H,15-16H2,1-3H3. The highest BCUT2D eigenvalue weighted by atomic mass is 32.2. The van der Waals surface area contributed by atoms with Crippen molar-refractivity contribution in [2.24, 2.45) is 0 Å². The molecule has 2 aromatic carbocycles. The van der Waals surface area contributed by atoms with Gasteiger partial charge in [0.1, 0.15) is 9.53 Å². The van der Waals surface area contributed by atoms with Crippen LogP contribution in [0.3, 0.4) is 0 Å². The van der Waals surface area contributed by atoms with Crippen LogP contribution in [0.2, 0.25) is 0 Å². The number of thioether (sulfide) groups is 1. The second kappa shape index (κ2) is 9.76. The summed E-state index contributed by atoms with van der Waals surface area (Å²) < 4.78 is 2.33. The predicted molar refractivity (Wildman–Crippen MR) is 145 cm³/mol. The third-order valence-electron chi connectivity index (χ3n) is 6.16. The summed E-state index contributed by atoms with van der Waals surface area (Å²) in [5.41, 5.74) is 4.53. The first-order valence-corrected chi connectivity index (χ1v) is 13.3. The van der Waals surface area contributed by atoms with Gasteiger partial charge in [-0.1, -0.05) is 72.8 Å². The SMILES string of the molecule is Cc1ccc(C(=O)CSc2nc3c(sc4ncccc43)c(=O)n2CC(C)c2ccccc2)c(C)c1. The fraction of sp³-hybridized carbons (Fsp3) is 0.214. The molecule has 0 radical (unpaired) electrons. The first-order chi connectivity index (χ1) is 16.9. The van der Waals surface area contributed by atoms with Crippen molar-refractivity contribution in [1.82, 2.24) is 14.5 Å². The summed E-state index contributed by atoms with van der Waals surface area (Å²) in [7, 11) is 0. The summed E-state index contributed by atoms with van der Waals surface area (Å²) in [4.78, 5) is 36.9. The summed E-state index contributed by atoms with van der Waals surface area (Å²) in [5.74, 6) is 0.346. The molecular weight excluding hydrogens is 474 g/mol. The number of thiophene rings is 1. The Bertz CT molecular complexity index is 1610. The number of Topliss-reactive ketones (excluding diaryl/α,β-unsaturated/α-hetero) is 1. The molecule has 0 N–H and O–H groups in total. The minimum atomic E-state index is -0.0813. The summed E-state index contributed by atoms with van der Waals surface area (Å²) in [6.07, 6.45) is 1.73. The smallest absolute Gasteiger partial charge is 0.272 e. The van der Waals surface area contributed by atoms with Crippen LogP contribution in [-0.2, 0) is 6.54 Å². The highest BCUT2D eigenvalue weighted by Crippen LogP contribution is 2.31. The summed E-state index contributed by atoms with van der Waals surface area (Å²) in [5, 5.41) is 1.43. The fourth-order valence-corrected chi connectivity index (χ4v) is 6.22. The van der Waals surface area contributed by atoms with E-state index in [0.29, 0.717) is 27.5 Å². The van der Waals surface area contributed by atoms with Crippen molar-refractivity contribution in [2.75, 3.05) is 5.75 Å². The molecule has 5 aromatic rings. The van der Waals surface area contributed by atoms with E-state index in [-0.39, 0.29) is 23.0 Å². The molecule has 0 aliphatic carbocycles. The van der Waals surface area contributed by atoms with Crippen LogP contribution < -0.4 is 5.56 Å². The normalized spacial score (nSPS) is 12.3. The Labute approximate surface area is 211 Å². The van der Waals surface area contributed by atoms with Crippen LogP contribution in [-0.4, -0.2) is 26.1 Å². The van der Waals surface area contributed by atoms with Crippen molar-refractivity contribution < 1.29 is 4.79 Å². The van der Waals surface area contributed by atoms with Gasteiger partial charge in [0.05, 0.1) is 11.3 Å². The topological polar surface area (TPSA) is 64.8 Å². The van der Waals surface area contributed by atoms with Crippen LogP contribution in [0.4, 0.5) is 0 Å². The van der Waals surface area contributed by atoms with Gasteiger partial charge in [0.25, 0.3) is 5.56 Å². The largest absolute Gasteiger partial charge is 0.293 e. The molecule has 35 heavy (non-hydrogen) atoms. The Morgan fingerprint density at radius 2 is 1.89 bits per heavy atom. The van der Waals surface area contributed by atoms with Crippen LogP contribution in [0.1, 0.15) is 39.9 Å². The molecule has 3 aromatic heterocycles. The van der Waals surface area contributed by atoms with E-state index < -0.39 is 0 Å². The third-order valence-corrected chi connectivity index (χ3v) is 8.22. The first-order valence-electron chi connectivity index (χ1n) is 11.5. The maximum Gasteiger partial charge on any atom is 0.272 e. The number of carbonyl (C=O) groups excluding carboxylic acids is 1. The number of benzene rings is 2. The lowest BCUT2D eigenvalue weighted by Gasteiger charge is -2.17. The van der Waals surface area contributed by atoms with Crippen LogP contribution in [0.25, 0.3) is 20.4 Å².